The first kappa shape index (κ1) is 9.14. The van der Waals surface area contributed by atoms with Crippen molar-refractivity contribution in [3.8, 4) is 0 Å². The monoisotopic (exact) mass is 148 g/mol. The normalized spacial score (nSPS) is 11.3. The van der Waals surface area contributed by atoms with E-state index >= 15 is 0 Å². The molecule has 0 aliphatic carbocycles. The Morgan fingerprint density at radius 3 is 2.67 bits per heavy atom. The van der Waals surface area contributed by atoms with E-state index in [4.69, 9.17) is 8.85 Å². The summed E-state index contributed by atoms with van der Waals surface area (Å²) in [7, 11) is 1.09. The Balaban J connectivity index is 2.60. The van der Waals surface area contributed by atoms with Crippen LogP contribution in [0.2, 0.25) is 0 Å². The van der Waals surface area contributed by atoms with E-state index in [1.807, 2.05) is 0 Å². The van der Waals surface area contributed by atoms with Gasteiger partial charge in [0.15, 0.2) is 0 Å². The van der Waals surface area contributed by atoms with Gasteiger partial charge in [-0.05, 0) is 6.42 Å². The third-order valence-corrected chi connectivity index (χ3v) is 1.78. The fourth-order valence-electron chi connectivity index (χ4n) is 0.596. The van der Waals surface area contributed by atoms with Crippen LogP contribution in [0.3, 0.4) is 0 Å². The SMILES string of the molecule is CCCCCO[SiH2]OC. The molecule has 0 unspecified atom stereocenters. The molecule has 0 atom stereocenters. The first-order chi connectivity index (χ1) is 4.41. The van der Waals surface area contributed by atoms with E-state index in [9.17, 15) is 0 Å². The van der Waals surface area contributed by atoms with Crippen molar-refractivity contribution in [2.24, 2.45) is 0 Å². The lowest BCUT2D eigenvalue weighted by Crippen LogP contribution is -2.02. The van der Waals surface area contributed by atoms with Crippen LogP contribution in [0.4, 0.5) is 0 Å². The second kappa shape index (κ2) is 8.14. The molecule has 0 rings (SSSR count). The molecule has 0 bridgehead atoms. The van der Waals surface area contributed by atoms with Gasteiger partial charge >= 0.3 is 10.0 Å². The van der Waals surface area contributed by atoms with Crippen LogP contribution in [0.25, 0.3) is 0 Å². The zero-order valence-corrected chi connectivity index (χ0v) is 7.77. The molecule has 0 saturated carbocycles. The summed E-state index contributed by atoms with van der Waals surface area (Å²) in [6.45, 7) is 3.08. The second-order valence-electron chi connectivity index (χ2n) is 2.02. The largest absolute Gasteiger partial charge is 0.402 e. The van der Waals surface area contributed by atoms with E-state index in [1.165, 1.54) is 19.3 Å². The molecule has 0 N–H and O–H groups in total. The molecule has 0 aromatic rings. The second-order valence-corrected chi connectivity index (χ2v) is 3.24. The molecular weight excluding hydrogens is 132 g/mol. The zero-order chi connectivity index (χ0) is 6.95. The predicted molar refractivity (Wildman–Crippen MR) is 41.0 cm³/mol. The fourth-order valence-corrected chi connectivity index (χ4v) is 1.09. The van der Waals surface area contributed by atoms with Crippen LogP contribution < -0.4 is 0 Å². The summed E-state index contributed by atoms with van der Waals surface area (Å²) >= 11 is 0. The Morgan fingerprint density at radius 2 is 2.11 bits per heavy atom. The minimum atomic E-state index is -0.606. The quantitative estimate of drug-likeness (QED) is 0.410. The molecule has 0 radical (unpaired) electrons. The maximum absolute atomic E-state index is 5.20. The maximum atomic E-state index is 5.20. The zero-order valence-electron chi connectivity index (χ0n) is 6.35. The van der Waals surface area contributed by atoms with Gasteiger partial charge in [-0.15, -0.1) is 0 Å². The van der Waals surface area contributed by atoms with E-state index in [1.54, 1.807) is 7.11 Å². The molecule has 0 aliphatic heterocycles. The molecular formula is C6H16O2Si. The van der Waals surface area contributed by atoms with Gasteiger partial charge in [0.2, 0.25) is 0 Å². The Kier molecular flexibility index (Phi) is 8.26. The van der Waals surface area contributed by atoms with Gasteiger partial charge in [-0.2, -0.15) is 0 Å². The molecule has 0 aromatic heterocycles. The first-order valence-corrected chi connectivity index (χ1v) is 4.64. The van der Waals surface area contributed by atoms with E-state index in [-0.39, 0.29) is 0 Å². The Hall–Kier alpha value is 0.137. The van der Waals surface area contributed by atoms with Gasteiger partial charge in [0.05, 0.1) is 0 Å². The third kappa shape index (κ3) is 8.14. The van der Waals surface area contributed by atoms with Crippen LogP contribution in [-0.2, 0) is 8.85 Å². The molecule has 2 nitrogen and oxygen atoms in total. The minimum absolute atomic E-state index is 0.606. The van der Waals surface area contributed by atoms with E-state index < -0.39 is 10.0 Å². The summed E-state index contributed by atoms with van der Waals surface area (Å²) in [6, 6.07) is 0. The Labute approximate surface area is 59.6 Å². The highest BCUT2D eigenvalue weighted by atomic mass is 28.3. The Bertz CT molecular complexity index is 44.3. The topological polar surface area (TPSA) is 18.5 Å². The van der Waals surface area contributed by atoms with Gasteiger partial charge in [-0.1, -0.05) is 19.8 Å². The van der Waals surface area contributed by atoms with Gasteiger partial charge in [0.1, 0.15) is 0 Å². The smallest absolute Gasteiger partial charge is 0.304 e. The molecule has 56 valence electrons. The molecule has 0 aliphatic rings. The molecule has 0 aromatic carbocycles. The molecule has 9 heavy (non-hydrogen) atoms. The van der Waals surface area contributed by atoms with Crippen molar-refractivity contribution in [1.82, 2.24) is 0 Å². The van der Waals surface area contributed by atoms with Crippen LogP contribution >= 0.6 is 0 Å². The van der Waals surface area contributed by atoms with Crippen molar-refractivity contribution in [2.45, 2.75) is 26.2 Å². The average Bonchev–Trinajstić information content (AvgIpc) is 1.89. The van der Waals surface area contributed by atoms with Crippen LogP contribution in [-0.4, -0.2) is 23.7 Å². The summed E-state index contributed by atoms with van der Waals surface area (Å²) < 4.78 is 10.0. The van der Waals surface area contributed by atoms with Crippen molar-refractivity contribution in [1.29, 1.82) is 0 Å². The summed E-state index contributed by atoms with van der Waals surface area (Å²) in [5, 5.41) is 0. The van der Waals surface area contributed by atoms with Gasteiger partial charge in [-0.25, -0.2) is 0 Å². The van der Waals surface area contributed by atoms with Crippen molar-refractivity contribution in [3.63, 3.8) is 0 Å². The Morgan fingerprint density at radius 1 is 1.33 bits per heavy atom. The third-order valence-electron chi connectivity index (χ3n) is 1.09. The van der Waals surface area contributed by atoms with Crippen LogP contribution in [0.5, 0.6) is 0 Å². The number of rotatable bonds is 6. The lowest BCUT2D eigenvalue weighted by molar-refractivity contribution is 0.250. The fraction of sp³-hybridized carbons (Fsp3) is 1.00. The van der Waals surface area contributed by atoms with Crippen molar-refractivity contribution in [3.05, 3.63) is 0 Å². The molecule has 0 fully saturated rings. The van der Waals surface area contributed by atoms with E-state index in [0.717, 1.165) is 6.61 Å². The van der Waals surface area contributed by atoms with Gasteiger partial charge in [0.25, 0.3) is 0 Å². The highest BCUT2D eigenvalue weighted by Crippen LogP contribution is 1.92. The van der Waals surface area contributed by atoms with Gasteiger partial charge in [0, 0.05) is 13.7 Å². The molecule has 0 heterocycles. The van der Waals surface area contributed by atoms with Gasteiger partial charge in [-0.3, -0.25) is 0 Å². The van der Waals surface area contributed by atoms with Crippen molar-refractivity contribution >= 4 is 10.0 Å². The number of hydrogen-bond acceptors (Lipinski definition) is 2. The average molecular weight is 148 g/mol. The summed E-state index contributed by atoms with van der Waals surface area (Å²) in [5.74, 6) is 0. The summed E-state index contributed by atoms with van der Waals surface area (Å²) in [5.41, 5.74) is 0. The minimum Gasteiger partial charge on any atom is -0.402 e. The number of unbranched alkanes of at least 4 members (excludes halogenated alkanes) is 2. The molecule has 0 saturated heterocycles. The van der Waals surface area contributed by atoms with Crippen LogP contribution in [0, 0.1) is 0 Å². The van der Waals surface area contributed by atoms with E-state index in [0.29, 0.717) is 0 Å². The van der Waals surface area contributed by atoms with Crippen molar-refractivity contribution < 1.29 is 8.85 Å². The maximum Gasteiger partial charge on any atom is 0.304 e. The van der Waals surface area contributed by atoms with Gasteiger partial charge < -0.3 is 8.85 Å². The van der Waals surface area contributed by atoms with Crippen molar-refractivity contribution in [2.75, 3.05) is 13.7 Å². The highest BCUT2D eigenvalue weighted by Gasteiger charge is 1.85. The first-order valence-electron chi connectivity index (χ1n) is 3.48. The molecule has 0 spiro atoms. The van der Waals surface area contributed by atoms with E-state index in [2.05, 4.69) is 6.92 Å². The standard InChI is InChI=1S/C6H16O2Si/c1-3-4-5-6-8-9-7-2/h3-6,9H2,1-2H3. The predicted octanol–water partition coefficient (Wildman–Crippen LogP) is 0.838. The van der Waals surface area contributed by atoms with Crippen LogP contribution in [0.1, 0.15) is 26.2 Å². The highest BCUT2D eigenvalue weighted by molar-refractivity contribution is 6.17. The molecule has 0 amide bonds. The van der Waals surface area contributed by atoms with Crippen LogP contribution in [0.15, 0.2) is 0 Å². The molecule has 3 heteroatoms. The summed E-state index contributed by atoms with van der Waals surface area (Å²) in [4.78, 5) is 0. The lowest BCUT2D eigenvalue weighted by atomic mass is 10.3. The lowest BCUT2D eigenvalue weighted by Gasteiger charge is -1.99. The summed E-state index contributed by atoms with van der Waals surface area (Å²) in [6.07, 6.45) is 3.73. The number of hydrogen-bond donors (Lipinski definition) is 0.